The molecule has 0 aliphatic carbocycles. The number of esters is 1. The molecule has 0 fully saturated rings. The van der Waals surface area contributed by atoms with Gasteiger partial charge in [-0.05, 0) is 47.0 Å². The lowest BCUT2D eigenvalue weighted by atomic mass is 9.98. The molecule has 0 saturated carbocycles. The van der Waals surface area contributed by atoms with Crippen molar-refractivity contribution in [2.24, 2.45) is 10.9 Å². The molecule has 1 aromatic heterocycles. The summed E-state index contributed by atoms with van der Waals surface area (Å²) >= 11 is 0. The van der Waals surface area contributed by atoms with E-state index in [0.717, 1.165) is 17.7 Å². The summed E-state index contributed by atoms with van der Waals surface area (Å²) in [7, 11) is 0. The van der Waals surface area contributed by atoms with Crippen LogP contribution < -0.4 is 19.7 Å². The predicted molar refractivity (Wildman–Crippen MR) is 150 cm³/mol. The average molecular weight is 524 g/mol. The fraction of sp³-hybridized carbons (Fsp3) is 0.219. The van der Waals surface area contributed by atoms with Crippen LogP contribution >= 0.6 is 0 Å². The van der Waals surface area contributed by atoms with Crippen molar-refractivity contribution in [3.05, 3.63) is 115 Å². The van der Waals surface area contributed by atoms with Gasteiger partial charge in [0.1, 0.15) is 5.75 Å². The fourth-order valence-electron chi connectivity index (χ4n) is 3.93. The maximum atomic E-state index is 12.3. The number of aromatic nitrogens is 1. The Bertz CT molecular complexity index is 1390. The molecule has 1 N–H and O–H groups in total. The zero-order valence-electron chi connectivity index (χ0n) is 22.2. The number of pyridine rings is 1. The van der Waals surface area contributed by atoms with E-state index in [0.29, 0.717) is 12.3 Å². The summed E-state index contributed by atoms with van der Waals surface area (Å²) in [4.78, 5) is 15.8. The first kappa shape index (κ1) is 27.4. The van der Waals surface area contributed by atoms with Crippen LogP contribution in [-0.4, -0.2) is 18.6 Å². The van der Waals surface area contributed by atoms with Gasteiger partial charge < -0.3 is 19.9 Å². The molecule has 4 rings (SSSR count). The summed E-state index contributed by atoms with van der Waals surface area (Å²) in [5, 5.41) is 15.1. The van der Waals surface area contributed by atoms with E-state index in [-0.39, 0.29) is 25.2 Å². The molecule has 0 unspecified atom stereocenters. The number of hydrogen-bond acceptors (Lipinski definition) is 5. The van der Waals surface area contributed by atoms with Crippen molar-refractivity contribution in [2.45, 2.75) is 33.5 Å². The van der Waals surface area contributed by atoms with Crippen molar-refractivity contribution < 1.29 is 23.9 Å². The number of aliphatic imine (C=N–C) groups is 1. The lowest BCUT2D eigenvalue weighted by molar-refractivity contribution is -0.728. The Morgan fingerprint density at radius 1 is 0.949 bits per heavy atom. The molecule has 0 aliphatic rings. The van der Waals surface area contributed by atoms with Gasteiger partial charge in [-0.1, -0.05) is 68.4 Å². The van der Waals surface area contributed by atoms with Crippen LogP contribution in [0.1, 0.15) is 25.0 Å². The maximum absolute atomic E-state index is 12.3. The van der Waals surface area contributed by atoms with Gasteiger partial charge in [0.25, 0.3) is 6.73 Å². The first-order chi connectivity index (χ1) is 19.0. The minimum absolute atomic E-state index is 0.116. The predicted octanol–water partition coefficient (Wildman–Crippen LogP) is 4.75. The topological polar surface area (TPSA) is 86.9 Å². The molecule has 7 nitrogen and oxygen atoms in total. The molecule has 4 aromatic rings. The first-order valence-corrected chi connectivity index (χ1v) is 13.0. The minimum atomic E-state index is -0.442. The van der Waals surface area contributed by atoms with Crippen LogP contribution in [0.25, 0.3) is 11.1 Å². The molecular weight excluding hydrogens is 490 g/mol. The number of ether oxygens (including phenoxy) is 2. The van der Waals surface area contributed by atoms with Crippen LogP contribution in [0, 0.1) is 5.92 Å². The van der Waals surface area contributed by atoms with Gasteiger partial charge in [0, 0.05) is 23.7 Å². The summed E-state index contributed by atoms with van der Waals surface area (Å²) < 4.78 is 12.9. The third kappa shape index (κ3) is 8.43. The Morgan fingerprint density at radius 3 is 2.46 bits per heavy atom. The lowest BCUT2D eigenvalue weighted by Crippen LogP contribution is -2.36. The van der Waals surface area contributed by atoms with E-state index in [4.69, 9.17) is 9.47 Å². The number of rotatable bonds is 11. The number of benzene rings is 3. The molecule has 0 amide bonds. The highest BCUT2D eigenvalue weighted by atomic mass is 16.5. The van der Waals surface area contributed by atoms with Crippen LogP contribution in [0.2, 0.25) is 0 Å². The average Bonchev–Trinajstić information content (AvgIpc) is 2.96. The van der Waals surface area contributed by atoms with E-state index in [9.17, 15) is 9.90 Å². The van der Waals surface area contributed by atoms with Crippen molar-refractivity contribution >= 4 is 17.7 Å². The summed E-state index contributed by atoms with van der Waals surface area (Å²) in [6.07, 6.45) is 4.37. The number of anilines is 1. The van der Waals surface area contributed by atoms with E-state index in [1.807, 2.05) is 48.5 Å². The zero-order valence-corrected chi connectivity index (χ0v) is 22.2. The molecule has 39 heavy (non-hydrogen) atoms. The third-order valence-electron chi connectivity index (χ3n) is 6.00. The number of amidine groups is 1. The second kappa shape index (κ2) is 13.8. The Labute approximate surface area is 229 Å². The third-order valence-corrected chi connectivity index (χ3v) is 6.00. The highest BCUT2D eigenvalue weighted by molar-refractivity contribution is 5.85. The number of nitrogens with zero attached hydrogens (tertiary/aromatic N) is 2. The molecule has 3 aromatic carbocycles. The van der Waals surface area contributed by atoms with Gasteiger partial charge in [-0.25, -0.2) is 0 Å². The number of carbonyl (C=O) groups is 1. The molecule has 0 saturated heterocycles. The maximum Gasteiger partial charge on any atom is 0.313 e. The van der Waals surface area contributed by atoms with Crippen LogP contribution in [0.5, 0.6) is 5.75 Å². The molecular formula is C32H33N3O4. The second-order valence-corrected chi connectivity index (χ2v) is 9.37. The SMILES string of the molecule is CC(C)C(=O)OC[n+]1cccc(CN=C([O-])Nc2ccc(OCCc3ccccc3-c3ccccc3)cc2)c1. The molecule has 200 valence electrons. The normalized spacial score (nSPS) is 11.3. The van der Waals surface area contributed by atoms with E-state index in [2.05, 4.69) is 40.6 Å². The quantitative estimate of drug-likeness (QED) is 0.133. The van der Waals surface area contributed by atoms with Crippen molar-refractivity contribution in [3.8, 4) is 16.9 Å². The van der Waals surface area contributed by atoms with Gasteiger partial charge in [-0.3, -0.25) is 9.79 Å². The van der Waals surface area contributed by atoms with Crippen LogP contribution in [0.15, 0.2) is 108 Å². The van der Waals surface area contributed by atoms with Crippen molar-refractivity contribution in [1.82, 2.24) is 0 Å². The minimum Gasteiger partial charge on any atom is -0.846 e. The number of hydrogen-bond donors (Lipinski definition) is 1. The second-order valence-electron chi connectivity index (χ2n) is 9.37. The van der Waals surface area contributed by atoms with Crippen molar-refractivity contribution in [1.29, 1.82) is 0 Å². The van der Waals surface area contributed by atoms with Crippen molar-refractivity contribution in [2.75, 3.05) is 11.9 Å². The monoisotopic (exact) mass is 523 g/mol. The summed E-state index contributed by atoms with van der Waals surface area (Å²) in [6, 6.07) is 29.2. The van der Waals surface area contributed by atoms with Gasteiger partial charge in [0.05, 0.1) is 25.1 Å². The smallest absolute Gasteiger partial charge is 0.313 e. The molecule has 7 heteroatoms. The molecule has 0 spiro atoms. The molecule has 0 atom stereocenters. The molecule has 1 heterocycles. The van der Waals surface area contributed by atoms with Gasteiger partial charge >= 0.3 is 5.97 Å². The van der Waals surface area contributed by atoms with Gasteiger partial charge in [0.2, 0.25) is 0 Å². The Morgan fingerprint density at radius 2 is 1.69 bits per heavy atom. The fourth-order valence-corrected chi connectivity index (χ4v) is 3.93. The number of carbonyl (C=O) groups excluding carboxylic acids is 1. The van der Waals surface area contributed by atoms with Gasteiger partial charge in [-0.2, -0.15) is 4.57 Å². The van der Waals surface area contributed by atoms with Crippen LogP contribution in [0.4, 0.5) is 5.69 Å². The van der Waals surface area contributed by atoms with Gasteiger partial charge in [-0.15, -0.1) is 0 Å². The van der Waals surface area contributed by atoms with E-state index < -0.39 is 6.02 Å². The summed E-state index contributed by atoms with van der Waals surface area (Å²) in [5.74, 6) is 0.284. The summed E-state index contributed by atoms with van der Waals surface area (Å²) in [6.45, 7) is 4.43. The molecule has 0 bridgehead atoms. The first-order valence-electron chi connectivity index (χ1n) is 13.0. The molecule has 0 radical (unpaired) electrons. The van der Waals surface area contributed by atoms with E-state index in [1.54, 1.807) is 42.9 Å². The number of nitrogens with one attached hydrogen (secondary N) is 1. The van der Waals surface area contributed by atoms with Crippen LogP contribution in [0.3, 0.4) is 0 Å². The highest BCUT2D eigenvalue weighted by Gasteiger charge is 2.11. The van der Waals surface area contributed by atoms with E-state index >= 15 is 0 Å². The van der Waals surface area contributed by atoms with Gasteiger partial charge in [0.15, 0.2) is 12.4 Å². The summed E-state index contributed by atoms with van der Waals surface area (Å²) in [5.41, 5.74) is 5.09. The standard InChI is InChI=1S/C32H33N3O4/c1-24(2)31(36)39-23-35-19-8-9-25(22-35)21-33-32(37)34-28-14-16-29(17-15-28)38-20-18-27-12-6-7-13-30(27)26-10-4-3-5-11-26/h3-17,19,22,24H,18,20-21,23H2,1-2H3,(H-,33,34,37). The van der Waals surface area contributed by atoms with Crippen LogP contribution in [-0.2, 0) is 29.2 Å². The lowest BCUT2D eigenvalue weighted by Gasteiger charge is -2.14. The van der Waals surface area contributed by atoms with Crippen molar-refractivity contribution in [3.63, 3.8) is 0 Å². The Kier molecular flexibility index (Phi) is 9.67. The molecule has 0 aliphatic heterocycles. The van der Waals surface area contributed by atoms with E-state index in [1.165, 1.54) is 16.7 Å². The highest BCUT2D eigenvalue weighted by Crippen LogP contribution is 2.24. The zero-order chi connectivity index (χ0) is 27.5. The largest absolute Gasteiger partial charge is 0.846 e. The Balaban J connectivity index is 1.26. The Hall–Kier alpha value is -4.65.